The van der Waals surface area contributed by atoms with E-state index in [0.29, 0.717) is 18.1 Å². The second kappa shape index (κ2) is 6.58. The summed E-state index contributed by atoms with van der Waals surface area (Å²) in [7, 11) is 0. The van der Waals surface area contributed by atoms with E-state index in [1.807, 2.05) is 67.3 Å². The number of aryl methyl sites for hydroxylation is 1. The van der Waals surface area contributed by atoms with E-state index < -0.39 is 0 Å². The van der Waals surface area contributed by atoms with Crippen molar-refractivity contribution in [1.82, 2.24) is 4.90 Å². The van der Waals surface area contributed by atoms with Crippen LogP contribution >= 0.6 is 11.6 Å². The highest BCUT2D eigenvalue weighted by Gasteiger charge is 2.14. The lowest BCUT2D eigenvalue weighted by Crippen LogP contribution is -2.30. The number of carbonyl (C=O) groups is 1. The number of nitrogens with zero attached hydrogens (tertiary/aromatic N) is 1. The molecule has 0 saturated heterocycles. The molecule has 0 unspecified atom stereocenters. The van der Waals surface area contributed by atoms with E-state index in [9.17, 15) is 4.79 Å². The third kappa shape index (κ3) is 3.61. The van der Waals surface area contributed by atoms with E-state index in [-0.39, 0.29) is 5.91 Å². The van der Waals surface area contributed by atoms with Gasteiger partial charge in [0.2, 0.25) is 0 Å². The van der Waals surface area contributed by atoms with E-state index >= 15 is 0 Å². The fraction of sp³-hybridized carbons (Fsp3) is 0.235. The fourth-order valence-electron chi connectivity index (χ4n) is 2.06. The van der Waals surface area contributed by atoms with E-state index in [1.165, 1.54) is 0 Å². The zero-order chi connectivity index (χ0) is 14.5. The summed E-state index contributed by atoms with van der Waals surface area (Å²) in [6, 6.07) is 15.3. The number of hydrogen-bond acceptors (Lipinski definition) is 1. The van der Waals surface area contributed by atoms with Gasteiger partial charge in [-0.3, -0.25) is 4.79 Å². The van der Waals surface area contributed by atoms with Gasteiger partial charge in [0.15, 0.2) is 0 Å². The molecule has 0 bridgehead atoms. The maximum absolute atomic E-state index is 12.5. The van der Waals surface area contributed by atoms with Crippen LogP contribution in [-0.2, 0) is 6.54 Å². The Morgan fingerprint density at radius 2 is 1.85 bits per heavy atom. The molecular formula is C17H18ClNO. The minimum atomic E-state index is 0.0486. The van der Waals surface area contributed by atoms with Gasteiger partial charge in [-0.05, 0) is 43.7 Å². The maximum atomic E-state index is 12.5. The minimum absolute atomic E-state index is 0.0486. The van der Waals surface area contributed by atoms with Gasteiger partial charge >= 0.3 is 0 Å². The van der Waals surface area contributed by atoms with Crippen LogP contribution in [0.4, 0.5) is 0 Å². The lowest BCUT2D eigenvalue weighted by molar-refractivity contribution is 0.0752. The van der Waals surface area contributed by atoms with Crippen molar-refractivity contribution in [3.63, 3.8) is 0 Å². The molecule has 2 aromatic rings. The number of carbonyl (C=O) groups excluding carboxylic acids is 1. The molecule has 0 saturated carbocycles. The monoisotopic (exact) mass is 287 g/mol. The molecule has 3 heteroatoms. The molecule has 0 N–H and O–H groups in total. The largest absolute Gasteiger partial charge is 0.335 e. The Bertz CT molecular complexity index is 592. The Morgan fingerprint density at radius 3 is 2.45 bits per heavy atom. The van der Waals surface area contributed by atoms with E-state index in [1.54, 1.807) is 0 Å². The summed E-state index contributed by atoms with van der Waals surface area (Å²) >= 11 is 5.98. The van der Waals surface area contributed by atoms with Gasteiger partial charge in [0.05, 0.1) is 0 Å². The van der Waals surface area contributed by atoms with Crippen LogP contribution in [0.15, 0.2) is 48.5 Å². The second-order valence-corrected chi connectivity index (χ2v) is 5.25. The summed E-state index contributed by atoms with van der Waals surface area (Å²) < 4.78 is 0. The summed E-state index contributed by atoms with van der Waals surface area (Å²) in [5.41, 5.74) is 2.92. The molecular weight excluding hydrogens is 270 g/mol. The van der Waals surface area contributed by atoms with Crippen molar-refractivity contribution in [1.29, 1.82) is 0 Å². The van der Waals surface area contributed by atoms with Gasteiger partial charge in [0.25, 0.3) is 5.91 Å². The van der Waals surface area contributed by atoms with Crippen molar-refractivity contribution >= 4 is 17.5 Å². The van der Waals surface area contributed by atoms with Gasteiger partial charge < -0.3 is 4.90 Å². The summed E-state index contributed by atoms with van der Waals surface area (Å²) in [6.45, 7) is 5.23. The van der Waals surface area contributed by atoms with E-state index in [4.69, 9.17) is 11.6 Å². The Morgan fingerprint density at radius 1 is 1.15 bits per heavy atom. The average molecular weight is 288 g/mol. The van der Waals surface area contributed by atoms with Crippen LogP contribution in [0.25, 0.3) is 0 Å². The Labute approximate surface area is 125 Å². The molecule has 0 aromatic heterocycles. The molecule has 104 valence electrons. The molecule has 0 heterocycles. The third-order valence-corrected chi connectivity index (χ3v) is 3.47. The molecule has 0 atom stereocenters. The van der Waals surface area contributed by atoms with Crippen LogP contribution in [0.1, 0.15) is 28.4 Å². The van der Waals surface area contributed by atoms with Gasteiger partial charge in [-0.25, -0.2) is 0 Å². The van der Waals surface area contributed by atoms with Crippen LogP contribution in [-0.4, -0.2) is 17.4 Å². The van der Waals surface area contributed by atoms with Crippen LogP contribution in [0.2, 0.25) is 5.02 Å². The quantitative estimate of drug-likeness (QED) is 0.820. The summed E-state index contributed by atoms with van der Waals surface area (Å²) in [5.74, 6) is 0.0486. The zero-order valence-electron chi connectivity index (χ0n) is 11.8. The average Bonchev–Trinajstić information content (AvgIpc) is 2.45. The van der Waals surface area contributed by atoms with Crippen molar-refractivity contribution in [2.24, 2.45) is 0 Å². The zero-order valence-corrected chi connectivity index (χ0v) is 12.5. The SMILES string of the molecule is CCN(Cc1cccc(Cl)c1)C(=O)c1ccc(C)cc1. The predicted molar refractivity (Wildman–Crippen MR) is 83.0 cm³/mol. The van der Waals surface area contributed by atoms with E-state index in [0.717, 1.165) is 16.7 Å². The fourth-order valence-corrected chi connectivity index (χ4v) is 2.27. The van der Waals surface area contributed by atoms with Crippen LogP contribution in [0.5, 0.6) is 0 Å². The highest BCUT2D eigenvalue weighted by Crippen LogP contribution is 2.14. The summed E-state index contributed by atoms with van der Waals surface area (Å²) in [5, 5.41) is 0.696. The molecule has 0 aliphatic rings. The Hall–Kier alpha value is -1.80. The van der Waals surface area contributed by atoms with Crippen molar-refractivity contribution < 1.29 is 4.79 Å². The first-order valence-electron chi connectivity index (χ1n) is 6.70. The molecule has 0 spiro atoms. The number of amides is 1. The molecule has 1 amide bonds. The molecule has 2 aromatic carbocycles. The molecule has 20 heavy (non-hydrogen) atoms. The molecule has 2 nitrogen and oxygen atoms in total. The van der Waals surface area contributed by atoms with Gasteiger partial charge in [-0.15, -0.1) is 0 Å². The molecule has 0 aliphatic carbocycles. The second-order valence-electron chi connectivity index (χ2n) is 4.82. The van der Waals surface area contributed by atoms with Crippen LogP contribution in [0.3, 0.4) is 0 Å². The van der Waals surface area contributed by atoms with Gasteiger partial charge in [0, 0.05) is 23.7 Å². The van der Waals surface area contributed by atoms with E-state index in [2.05, 4.69) is 0 Å². The molecule has 0 radical (unpaired) electrons. The highest BCUT2D eigenvalue weighted by atomic mass is 35.5. The number of halogens is 1. The lowest BCUT2D eigenvalue weighted by Gasteiger charge is -2.21. The van der Waals surface area contributed by atoms with Gasteiger partial charge in [0.1, 0.15) is 0 Å². The van der Waals surface area contributed by atoms with Gasteiger partial charge in [-0.1, -0.05) is 41.4 Å². The first-order valence-corrected chi connectivity index (χ1v) is 7.08. The first kappa shape index (κ1) is 14.6. The summed E-state index contributed by atoms with van der Waals surface area (Å²) in [4.78, 5) is 14.3. The van der Waals surface area contributed by atoms with Crippen LogP contribution in [0, 0.1) is 6.92 Å². The topological polar surface area (TPSA) is 20.3 Å². The van der Waals surface area contributed by atoms with Crippen molar-refractivity contribution in [2.45, 2.75) is 20.4 Å². The maximum Gasteiger partial charge on any atom is 0.254 e. The minimum Gasteiger partial charge on any atom is -0.335 e. The van der Waals surface area contributed by atoms with Crippen molar-refractivity contribution in [3.05, 3.63) is 70.2 Å². The lowest BCUT2D eigenvalue weighted by atomic mass is 10.1. The Balaban J connectivity index is 2.15. The number of hydrogen-bond donors (Lipinski definition) is 0. The third-order valence-electron chi connectivity index (χ3n) is 3.23. The molecule has 0 aliphatic heterocycles. The smallest absolute Gasteiger partial charge is 0.254 e. The highest BCUT2D eigenvalue weighted by molar-refractivity contribution is 6.30. The normalized spacial score (nSPS) is 10.3. The standard InChI is InChI=1S/C17H18ClNO/c1-3-19(12-14-5-4-6-16(18)11-14)17(20)15-9-7-13(2)8-10-15/h4-11H,3,12H2,1-2H3. The van der Waals surface area contributed by atoms with Crippen LogP contribution < -0.4 is 0 Å². The predicted octanol–water partition coefficient (Wildman–Crippen LogP) is 4.31. The molecule has 0 fully saturated rings. The summed E-state index contributed by atoms with van der Waals surface area (Å²) in [6.07, 6.45) is 0. The number of benzene rings is 2. The Kier molecular flexibility index (Phi) is 4.80. The number of rotatable bonds is 4. The van der Waals surface area contributed by atoms with Gasteiger partial charge in [-0.2, -0.15) is 0 Å². The van der Waals surface area contributed by atoms with Crippen molar-refractivity contribution in [3.8, 4) is 0 Å². The van der Waals surface area contributed by atoms with Crippen molar-refractivity contribution in [2.75, 3.05) is 6.54 Å². The molecule has 2 rings (SSSR count). The first-order chi connectivity index (χ1) is 9.60.